The van der Waals surface area contributed by atoms with Crippen molar-refractivity contribution in [3.63, 3.8) is 0 Å². The second-order valence-corrected chi connectivity index (χ2v) is 14.7. The molecule has 10 rings (SSSR count). The van der Waals surface area contributed by atoms with Gasteiger partial charge >= 0.3 is 0 Å². The summed E-state index contributed by atoms with van der Waals surface area (Å²) in [5.41, 5.74) is 6.33. The topological polar surface area (TPSA) is 31.2 Å². The third kappa shape index (κ3) is 5.03. The van der Waals surface area contributed by atoms with Crippen LogP contribution < -0.4 is 76.5 Å². The zero-order valence-electron chi connectivity index (χ0n) is 31.2. The van der Waals surface area contributed by atoms with Crippen molar-refractivity contribution < 1.29 is 8.83 Å². The Morgan fingerprint density at radius 2 is 0.644 bits per heavy atom. The van der Waals surface area contributed by atoms with Crippen molar-refractivity contribution in [3.8, 4) is 27.9 Å². The fourth-order valence-corrected chi connectivity index (χ4v) is 8.65. The van der Waals surface area contributed by atoms with Crippen molar-refractivity contribution in [2.24, 2.45) is 0 Å². The molecule has 0 amide bonds. The van der Waals surface area contributed by atoms with Gasteiger partial charge in [0.25, 0.3) is 0 Å². The van der Waals surface area contributed by atoms with Crippen molar-refractivity contribution >= 4 is 252 Å². The van der Waals surface area contributed by atoms with Gasteiger partial charge in [-0.3, -0.25) is 0 Å². The molecule has 17 heteroatoms. The van der Waals surface area contributed by atoms with Gasteiger partial charge in [0.2, 0.25) is 0 Å². The summed E-state index contributed by atoms with van der Waals surface area (Å²) in [4.78, 5) is 0. The smallest absolute Gasteiger partial charge is 0.127 e. The molecule has 3 heterocycles. The third-order valence-corrected chi connectivity index (χ3v) is 11.6. The SMILES string of the molecule is [B]c1c([B])c([B])c2c(oc3c([B])c([B])c(-c4cc(-c5c([B])c([B])c6oc7c([B])c([B])c([B])c([B])c7c6c5[B])cc(-n5c6ccccc6c6ccccc65)c4)c([B])c32)c1[B]. The lowest BCUT2D eigenvalue weighted by Gasteiger charge is -2.22. The van der Waals surface area contributed by atoms with E-state index in [2.05, 4.69) is 16.7 Å². The Hall–Kier alpha value is -5.15. The van der Waals surface area contributed by atoms with Crippen molar-refractivity contribution in [2.75, 3.05) is 0 Å². The second-order valence-electron chi connectivity index (χ2n) is 14.7. The summed E-state index contributed by atoms with van der Waals surface area (Å²) in [7, 11) is 92.6. The minimum atomic E-state index is 0.0651. The van der Waals surface area contributed by atoms with Crippen molar-refractivity contribution in [3.05, 3.63) is 66.7 Å². The van der Waals surface area contributed by atoms with E-state index in [0.29, 0.717) is 49.5 Å². The number of fused-ring (bicyclic) bond motifs is 9. The van der Waals surface area contributed by atoms with E-state index in [1.807, 2.05) is 54.6 Å². The van der Waals surface area contributed by atoms with Crippen LogP contribution in [0.5, 0.6) is 0 Å². The van der Waals surface area contributed by atoms with Crippen LogP contribution in [0.15, 0.2) is 75.6 Å². The van der Waals surface area contributed by atoms with Crippen LogP contribution in [0, 0.1) is 0 Å². The predicted octanol–water partition coefficient (Wildman–Crippen LogP) is -4.97. The monoisotopic (exact) mass is 715 g/mol. The molecule has 0 saturated heterocycles. The lowest BCUT2D eigenvalue weighted by Crippen LogP contribution is -2.47. The molecule has 59 heavy (non-hydrogen) atoms. The number of hydrogen-bond donors (Lipinski definition) is 0. The fraction of sp³-hybridized carbons (Fsp3) is 0. The van der Waals surface area contributed by atoms with Crippen LogP contribution in [0.3, 0.4) is 0 Å². The van der Waals surface area contributed by atoms with Gasteiger partial charge in [-0.1, -0.05) is 91.0 Å². The minimum absolute atomic E-state index is 0.0651. The number of benzene rings is 7. The molecule has 0 saturated carbocycles. The van der Waals surface area contributed by atoms with Crippen molar-refractivity contribution in [1.82, 2.24) is 4.57 Å². The highest BCUT2D eigenvalue weighted by atomic mass is 16.3. The maximum atomic E-state index is 7.14. The summed E-state index contributed by atoms with van der Waals surface area (Å²) >= 11 is 0. The zero-order chi connectivity index (χ0) is 41.7. The molecule has 0 spiro atoms. The molecule has 3 aromatic heterocycles. The van der Waals surface area contributed by atoms with Crippen LogP contribution >= 0.6 is 0 Å². The number of nitrogens with zero attached hydrogens (tertiary/aromatic N) is 1. The van der Waals surface area contributed by atoms with Gasteiger partial charge < -0.3 is 13.4 Å². The Bertz CT molecular complexity index is 3340. The van der Waals surface area contributed by atoms with Crippen LogP contribution in [0.4, 0.5) is 0 Å². The largest absolute Gasteiger partial charge is 0.457 e. The van der Waals surface area contributed by atoms with Crippen LogP contribution in [0.2, 0.25) is 0 Å². The van der Waals surface area contributed by atoms with Gasteiger partial charge in [-0.2, -0.15) is 0 Å². The number of rotatable bonds is 3. The summed E-state index contributed by atoms with van der Waals surface area (Å²) in [6.45, 7) is 0. The minimum Gasteiger partial charge on any atom is -0.457 e. The quantitative estimate of drug-likeness (QED) is 0.172. The third-order valence-electron chi connectivity index (χ3n) is 11.6. The Balaban J connectivity index is 1.37. The number of hydrogen-bond acceptors (Lipinski definition) is 2. The molecule has 3 nitrogen and oxygen atoms in total. The summed E-state index contributed by atoms with van der Waals surface area (Å²) in [5.74, 6) is 0. The van der Waals surface area contributed by atoms with Crippen LogP contribution in [0.1, 0.15) is 0 Å². The summed E-state index contributed by atoms with van der Waals surface area (Å²) in [6.07, 6.45) is 0. The molecule has 0 N–H and O–H groups in total. The highest BCUT2D eigenvalue weighted by Crippen LogP contribution is 2.36. The van der Waals surface area contributed by atoms with E-state index in [4.69, 9.17) is 119 Å². The molecule has 10 aromatic rings. The first-order chi connectivity index (χ1) is 28.1. The normalized spacial score (nSPS) is 12.0. The Morgan fingerprint density at radius 1 is 0.322 bits per heavy atom. The van der Waals surface area contributed by atoms with E-state index in [1.54, 1.807) is 0 Å². The van der Waals surface area contributed by atoms with E-state index in [-0.39, 0.29) is 98.8 Å². The van der Waals surface area contributed by atoms with Gasteiger partial charge in [-0.05, 0) is 52.6 Å². The molecule has 238 valence electrons. The Labute approximate surface area is 358 Å². The summed E-state index contributed by atoms with van der Waals surface area (Å²) in [5, 5.41) is 3.41. The zero-order valence-corrected chi connectivity index (χ0v) is 31.2. The van der Waals surface area contributed by atoms with E-state index < -0.39 is 0 Å². The average molecular weight is 713 g/mol. The Kier molecular flexibility index (Phi) is 8.50. The maximum absolute atomic E-state index is 7.14. The van der Waals surface area contributed by atoms with Gasteiger partial charge in [0, 0.05) is 38.0 Å². The van der Waals surface area contributed by atoms with Gasteiger partial charge in [0.15, 0.2) is 0 Å². The molecule has 0 fully saturated rings. The first kappa shape index (κ1) is 38.1. The van der Waals surface area contributed by atoms with E-state index >= 15 is 0 Å². The lowest BCUT2D eigenvalue weighted by molar-refractivity contribution is 0.674. The second kappa shape index (κ2) is 13.2. The first-order valence-corrected chi connectivity index (χ1v) is 18.2. The number of furan rings is 2. The van der Waals surface area contributed by atoms with Gasteiger partial charge in [0.1, 0.15) is 132 Å². The molecule has 0 aliphatic carbocycles. The molecular formula is C42H11B14NO2. The summed E-state index contributed by atoms with van der Waals surface area (Å²) < 4.78 is 14.5. The van der Waals surface area contributed by atoms with Crippen molar-refractivity contribution in [2.45, 2.75) is 0 Å². The number of aromatic nitrogens is 1. The molecule has 0 aliphatic heterocycles. The van der Waals surface area contributed by atoms with Crippen LogP contribution in [-0.4, -0.2) is 114 Å². The first-order valence-electron chi connectivity index (χ1n) is 18.2. The van der Waals surface area contributed by atoms with E-state index in [9.17, 15) is 0 Å². The molecule has 0 aliphatic rings. The van der Waals surface area contributed by atoms with Crippen molar-refractivity contribution in [1.29, 1.82) is 0 Å². The van der Waals surface area contributed by atoms with Gasteiger partial charge in [0.05, 0.1) is 11.0 Å². The maximum Gasteiger partial charge on any atom is 0.127 e. The summed E-state index contributed by atoms with van der Waals surface area (Å²) in [6, 6.07) is 21.8. The van der Waals surface area contributed by atoms with E-state index in [0.717, 1.165) is 21.8 Å². The molecule has 0 bridgehead atoms. The molecule has 0 atom stereocenters. The van der Waals surface area contributed by atoms with Gasteiger partial charge in [-0.25, -0.2) is 0 Å². The van der Waals surface area contributed by atoms with Crippen LogP contribution in [0.25, 0.3) is 93.6 Å². The molecule has 0 unspecified atom stereocenters. The average Bonchev–Trinajstić information content (AvgIpc) is 3.94. The molecule has 7 aromatic carbocycles. The number of para-hydroxylation sites is 2. The van der Waals surface area contributed by atoms with E-state index in [1.165, 1.54) is 0 Å². The predicted molar refractivity (Wildman–Crippen MR) is 262 cm³/mol. The standard InChI is InChI=1S/C42H11B14NO2/c43-25-19(27(45)35(53)39-21(25)23-29(47)31(49)33(51)37(55)41(23)58-39)12-9-13(11-14(10-12)57-17-7-3-1-5-15(17)16-6-2-4-8-18(16)57)20-26(44)22-24-30(48)32(50)34(52)38(56)42(24)59-40(22)36(54)28(20)46/h1-11H. The van der Waals surface area contributed by atoms with Gasteiger partial charge in [-0.15, -0.1) is 21.9 Å². The molecular weight excluding hydrogens is 702 g/mol. The Morgan fingerprint density at radius 3 is 1.03 bits per heavy atom. The molecule has 28 radical (unpaired) electrons. The fourth-order valence-electron chi connectivity index (χ4n) is 8.65. The lowest BCUT2D eigenvalue weighted by atomic mass is 9.64. The highest BCUT2D eigenvalue weighted by molar-refractivity contribution is 6.70. The highest BCUT2D eigenvalue weighted by Gasteiger charge is 2.26. The van der Waals surface area contributed by atoms with Crippen LogP contribution in [-0.2, 0) is 0 Å².